The summed E-state index contributed by atoms with van der Waals surface area (Å²) >= 11 is 0. The van der Waals surface area contributed by atoms with Crippen LogP contribution in [-0.4, -0.2) is 19.5 Å². The van der Waals surface area contributed by atoms with E-state index in [1.165, 1.54) is 21.8 Å². The van der Waals surface area contributed by atoms with E-state index in [-0.39, 0.29) is 0 Å². The van der Waals surface area contributed by atoms with E-state index < -0.39 is 0 Å². The maximum Gasteiger partial charge on any atom is 0.164 e. The normalized spacial score (nSPS) is 12.1. The zero-order valence-corrected chi connectivity index (χ0v) is 31.5. The third-order valence-electron chi connectivity index (χ3n) is 11.0. The first kappa shape index (κ1) is 33.5. The Bertz CT molecular complexity index is 3350. The highest BCUT2D eigenvalue weighted by atomic mass is 16.3. The van der Waals surface area contributed by atoms with Crippen molar-refractivity contribution in [2.45, 2.75) is 6.92 Å². The second-order valence-corrected chi connectivity index (χ2v) is 14.5. The number of aromatic nitrogens is 4. The number of aryl methyl sites for hydroxylation is 1. The average Bonchev–Trinajstić information content (AvgIpc) is 3.93. The number of allylic oxidation sites excluding steroid dienone is 2. The van der Waals surface area contributed by atoms with Crippen molar-refractivity contribution in [3.05, 3.63) is 187 Å². The van der Waals surface area contributed by atoms with Crippen LogP contribution in [-0.2, 0) is 0 Å². The lowest BCUT2D eigenvalue weighted by atomic mass is 10.0. The molecule has 0 amide bonds. The zero-order chi connectivity index (χ0) is 38.6. The summed E-state index contributed by atoms with van der Waals surface area (Å²) in [5.41, 5.74) is 10.7. The van der Waals surface area contributed by atoms with Crippen LogP contribution in [0.3, 0.4) is 0 Å². The van der Waals surface area contributed by atoms with Crippen molar-refractivity contribution >= 4 is 67.0 Å². The molecular weight excluding hydrogens is 713 g/mol. The van der Waals surface area contributed by atoms with Crippen molar-refractivity contribution in [2.24, 2.45) is 0 Å². The molecule has 4 heterocycles. The molecule has 0 aliphatic carbocycles. The lowest BCUT2D eigenvalue weighted by molar-refractivity contribution is 0.601. The Labute approximate surface area is 333 Å². The lowest BCUT2D eigenvalue weighted by Gasteiger charge is -2.09. The number of hydrogen-bond acceptors (Lipinski definition) is 5. The number of furan rings is 2. The molecule has 4 aromatic heterocycles. The Balaban J connectivity index is 0.966. The molecule has 6 nitrogen and oxygen atoms in total. The van der Waals surface area contributed by atoms with Crippen molar-refractivity contribution in [2.75, 3.05) is 0 Å². The predicted octanol–water partition coefficient (Wildman–Crippen LogP) is 13.8. The summed E-state index contributed by atoms with van der Waals surface area (Å²) in [6, 6.07) is 56.1. The van der Waals surface area contributed by atoms with E-state index in [0.717, 1.165) is 72.0 Å². The first-order valence-electron chi connectivity index (χ1n) is 19.3. The van der Waals surface area contributed by atoms with Gasteiger partial charge in [-0.15, -0.1) is 0 Å². The van der Waals surface area contributed by atoms with Crippen LogP contribution in [0, 0.1) is 6.92 Å². The van der Waals surface area contributed by atoms with Crippen LogP contribution in [0.1, 0.15) is 11.3 Å². The molecule has 0 aliphatic heterocycles. The van der Waals surface area contributed by atoms with E-state index in [1.807, 2.05) is 54.6 Å². The van der Waals surface area contributed by atoms with Gasteiger partial charge in [0.15, 0.2) is 17.5 Å². The summed E-state index contributed by atoms with van der Waals surface area (Å²) in [4.78, 5) is 15.2. The fourth-order valence-electron chi connectivity index (χ4n) is 8.00. The van der Waals surface area contributed by atoms with Crippen LogP contribution in [0.15, 0.2) is 185 Å². The number of rotatable bonds is 7. The largest absolute Gasteiger partial charge is 0.456 e. The zero-order valence-electron chi connectivity index (χ0n) is 31.5. The highest BCUT2D eigenvalue weighted by Gasteiger charge is 2.17. The summed E-state index contributed by atoms with van der Waals surface area (Å²) in [5, 5.41) is 5.61. The smallest absolute Gasteiger partial charge is 0.164 e. The third-order valence-corrected chi connectivity index (χ3v) is 11.0. The molecule has 0 N–H and O–H groups in total. The molecule has 58 heavy (non-hydrogen) atoms. The van der Waals surface area contributed by atoms with Gasteiger partial charge < -0.3 is 13.4 Å². The Morgan fingerprint density at radius 1 is 0.414 bits per heavy atom. The molecule has 0 unspecified atom stereocenters. The van der Waals surface area contributed by atoms with Crippen molar-refractivity contribution in [3.63, 3.8) is 0 Å². The van der Waals surface area contributed by atoms with Gasteiger partial charge in [-0.1, -0.05) is 121 Å². The molecule has 0 saturated carbocycles. The number of hydrogen-bond donors (Lipinski definition) is 0. The minimum Gasteiger partial charge on any atom is -0.456 e. The summed E-state index contributed by atoms with van der Waals surface area (Å²) in [5.74, 6) is 2.53. The number of para-hydroxylation sites is 3. The maximum atomic E-state index is 6.38. The first-order chi connectivity index (χ1) is 28.6. The monoisotopic (exact) mass is 746 g/mol. The Morgan fingerprint density at radius 3 is 1.69 bits per heavy atom. The number of nitrogens with zero attached hydrogens (tertiary/aromatic N) is 4. The number of benzene rings is 7. The SMILES string of the molecule is Cc1c(/C=C\C=C\n2c3ccccc3c3ccccc32)oc2ccc(-c3nc(-c4ccc(-c5ccccc5)cc4)nc(-c4ccc5c(c4)oc4ccccc45)n3)cc12. The van der Waals surface area contributed by atoms with Gasteiger partial charge in [-0.05, 0) is 78.7 Å². The molecule has 0 saturated heterocycles. The molecule has 6 heteroatoms. The molecule has 0 fully saturated rings. The van der Waals surface area contributed by atoms with Gasteiger partial charge in [0.2, 0.25) is 0 Å². The minimum absolute atomic E-state index is 0.567. The molecule has 11 rings (SSSR count). The van der Waals surface area contributed by atoms with Gasteiger partial charge in [0, 0.05) is 55.4 Å². The van der Waals surface area contributed by atoms with E-state index in [0.29, 0.717) is 17.5 Å². The van der Waals surface area contributed by atoms with Gasteiger partial charge in [0.1, 0.15) is 22.5 Å². The highest BCUT2D eigenvalue weighted by molar-refractivity contribution is 6.09. The fourth-order valence-corrected chi connectivity index (χ4v) is 8.00. The molecule has 0 radical (unpaired) electrons. The lowest BCUT2D eigenvalue weighted by Crippen LogP contribution is -2.00. The van der Waals surface area contributed by atoms with Crippen LogP contribution >= 0.6 is 0 Å². The first-order valence-corrected chi connectivity index (χ1v) is 19.3. The van der Waals surface area contributed by atoms with E-state index >= 15 is 0 Å². The van der Waals surface area contributed by atoms with Gasteiger partial charge in [-0.25, -0.2) is 15.0 Å². The maximum absolute atomic E-state index is 6.38. The van der Waals surface area contributed by atoms with Crippen molar-refractivity contribution in [3.8, 4) is 45.3 Å². The van der Waals surface area contributed by atoms with E-state index in [4.69, 9.17) is 23.8 Å². The van der Waals surface area contributed by atoms with Gasteiger partial charge >= 0.3 is 0 Å². The third kappa shape index (κ3) is 5.78. The summed E-state index contributed by atoms with van der Waals surface area (Å²) < 4.78 is 14.9. The molecular formula is C52H34N4O2. The van der Waals surface area contributed by atoms with Crippen LogP contribution in [0.25, 0.3) is 112 Å². The van der Waals surface area contributed by atoms with E-state index in [1.54, 1.807) is 0 Å². The average molecular weight is 747 g/mol. The molecule has 274 valence electrons. The quantitative estimate of drug-likeness (QED) is 0.152. The van der Waals surface area contributed by atoms with E-state index in [2.05, 4.69) is 145 Å². The minimum atomic E-state index is 0.567. The van der Waals surface area contributed by atoms with Crippen LogP contribution < -0.4 is 0 Å². The molecule has 0 bridgehead atoms. The van der Waals surface area contributed by atoms with Crippen molar-refractivity contribution < 1.29 is 8.83 Å². The second kappa shape index (κ2) is 13.7. The summed E-state index contributed by atoms with van der Waals surface area (Å²) in [6.45, 7) is 2.09. The van der Waals surface area contributed by atoms with Gasteiger partial charge in [0.25, 0.3) is 0 Å². The van der Waals surface area contributed by atoms with Crippen LogP contribution in [0.5, 0.6) is 0 Å². The number of fused-ring (bicyclic) bond motifs is 7. The summed E-state index contributed by atoms with van der Waals surface area (Å²) in [6.07, 6.45) is 8.21. The van der Waals surface area contributed by atoms with Gasteiger partial charge in [0.05, 0.1) is 11.0 Å². The molecule has 7 aromatic carbocycles. The van der Waals surface area contributed by atoms with Crippen LogP contribution in [0.4, 0.5) is 0 Å². The summed E-state index contributed by atoms with van der Waals surface area (Å²) in [7, 11) is 0. The fraction of sp³-hybridized carbons (Fsp3) is 0.0192. The Hall–Kier alpha value is -7.83. The molecule has 0 aliphatic rings. The van der Waals surface area contributed by atoms with Crippen molar-refractivity contribution in [1.29, 1.82) is 0 Å². The van der Waals surface area contributed by atoms with Gasteiger partial charge in [-0.3, -0.25) is 0 Å². The Kier molecular flexibility index (Phi) is 7.93. The van der Waals surface area contributed by atoms with E-state index in [9.17, 15) is 0 Å². The second-order valence-electron chi connectivity index (χ2n) is 14.5. The topological polar surface area (TPSA) is 69.9 Å². The molecule has 0 spiro atoms. The van der Waals surface area contributed by atoms with Crippen LogP contribution in [0.2, 0.25) is 0 Å². The van der Waals surface area contributed by atoms with Gasteiger partial charge in [-0.2, -0.15) is 0 Å². The highest BCUT2D eigenvalue weighted by Crippen LogP contribution is 2.35. The molecule has 0 atom stereocenters. The standard InChI is InChI=1S/C52H34N4O2/c1-33-43-31-37(27-29-48(43)57-46(33)20-11-12-30-56-44-18-8-5-15-39(44)40-16-6-9-19-45(40)56)51-53-50(36-24-22-35(23-25-36)34-13-3-2-4-14-34)54-52(55-51)38-26-28-42-41-17-7-10-21-47(41)58-49(42)32-38/h2-32H,1H3/b20-11-,30-12+. The Morgan fingerprint density at radius 2 is 0.948 bits per heavy atom. The predicted molar refractivity (Wildman–Crippen MR) is 237 cm³/mol. The van der Waals surface area contributed by atoms with Crippen molar-refractivity contribution in [1.82, 2.24) is 19.5 Å². The molecule has 11 aromatic rings.